The molecule has 0 saturated heterocycles. The predicted octanol–water partition coefficient (Wildman–Crippen LogP) is 4.96. The van der Waals surface area contributed by atoms with Gasteiger partial charge in [-0.2, -0.15) is 0 Å². The van der Waals surface area contributed by atoms with Gasteiger partial charge in [0.2, 0.25) is 0 Å². The Morgan fingerprint density at radius 3 is 2.20 bits per heavy atom. The second kappa shape index (κ2) is 7.59. The van der Waals surface area contributed by atoms with E-state index in [1.165, 1.54) is 11.1 Å². The summed E-state index contributed by atoms with van der Waals surface area (Å²) in [7, 11) is 0. The third-order valence-electron chi connectivity index (χ3n) is 3.22. The van der Waals surface area contributed by atoms with Crippen molar-refractivity contribution in [1.29, 1.82) is 0 Å². The molecule has 2 heteroatoms. The van der Waals surface area contributed by atoms with Crippen LogP contribution in [-0.2, 0) is 12.8 Å². The average Bonchev–Trinajstić information content (AvgIpc) is 2.49. The number of hydrogen-bond acceptors (Lipinski definition) is 2. The van der Waals surface area contributed by atoms with Crippen molar-refractivity contribution in [3.8, 4) is 11.5 Å². The average molecular weight is 270 g/mol. The Morgan fingerprint density at radius 1 is 0.750 bits per heavy atom. The molecule has 2 aromatic rings. The van der Waals surface area contributed by atoms with E-state index in [0.29, 0.717) is 0 Å². The molecule has 0 atom stereocenters. The minimum absolute atomic E-state index is 0.718. The molecule has 0 spiro atoms. The van der Waals surface area contributed by atoms with Crippen molar-refractivity contribution < 1.29 is 9.78 Å². The number of para-hydroxylation sites is 1. The quantitative estimate of drug-likeness (QED) is 0.522. The van der Waals surface area contributed by atoms with Gasteiger partial charge >= 0.3 is 0 Å². The van der Waals surface area contributed by atoms with E-state index in [1.807, 2.05) is 42.5 Å². The van der Waals surface area contributed by atoms with Gasteiger partial charge in [-0.1, -0.05) is 57.0 Å². The van der Waals surface area contributed by atoms with E-state index < -0.39 is 0 Å². The molecule has 0 saturated carbocycles. The molecule has 20 heavy (non-hydrogen) atoms. The Hall–Kier alpha value is -1.96. The Balaban J connectivity index is 2.15. The number of hydrogen-bond donors (Lipinski definition) is 0. The summed E-state index contributed by atoms with van der Waals surface area (Å²) in [4.78, 5) is 11.0. The molecule has 0 aliphatic carbocycles. The Kier molecular flexibility index (Phi) is 5.48. The van der Waals surface area contributed by atoms with Crippen LogP contribution in [0.3, 0.4) is 0 Å². The summed E-state index contributed by atoms with van der Waals surface area (Å²) in [5.41, 5.74) is 2.64. The van der Waals surface area contributed by atoms with Crippen LogP contribution in [0.2, 0.25) is 0 Å². The maximum absolute atomic E-state index is 5.56. The summed E-state index contributed by atoms with van der Waals surface area (Å²) < 4.78 is 0. The van der Waals surface area contributed by atoms with Crippen LogP contribution in [0.4, 0.5) is 0 Å². The molecule has 2 nitrogen and oxygen atoms in total. The number of aryl methyl sites for hydroxylation is 1. The summed E-state index contributed by atoms with van der Waals surface area (Å²) in [6, 6.07) is 15.8. The fourth-order valence-electron chi connectivity index (χ4n) is 2.30. The van der Waals surface area contributed by atoms with Crippen LogP contribution >= 0.6 is 0 Å². The molecular weight excluding hydrogens is 248 g/mol. The molecule has 0 aliphatic rings. The van der Waals surface area contributed by atoms with Gasteiger partial charge in [0.1, 0.15) is 0 Å². The lowest BCUT2D eigenvalue weighted by Crippen LogP contribution is -2.05. The monoisotopic (exact) mass is 270 g/mol. The van der Waals surface area contributed by atoms with Crippen molar-refractivity contribution in [2.24, 2.45) is 0 Å². The van der Waals surface area contributed by atoms with Crippen LogP contribution in [-0.4, -0.2) is 0 Å². The van der Waals surface area contributed by atoms with Gasteiger partial charge in [-0.25, -0.2) is 0 Å². The highest BCUT2D eigenvalue weighted by Crippen LogP contribution is 2.26. The number of rotatable bonds is 7. The normalized spacial score (nSPS) is 10.3. The first-order valence-corrected chi connectivity index (χ1v) is 7.35. The standard InChI is InChI=1S/C18H22O2/c1-3-9-15-11-8-14-18(17(15)10-4-2)20-19-16-12-6-5-7-13-16/h5-8,11-14H,3-4,9-10H2,1-2H3. The molecule has 2 rings (SSSR count). The molecule has 2 aromatic carbocycles. The Morgan fingerprint density at radius 2 is 1.50 bits per heavy atom. The second-order valence-corrected chi connectivity index (χ2v) is 4.87. The zero-order valence-electron chi connectivity index (χ0n) is 12.3. The zero-order chi connectivity index (χ0) is 14.2. The van der Waals surface area contributed by atoms with Gasteiger partial charge in [-0.3, -0.25) is 9.78 Å². The third kappa shape index (κ3) is 3.77. The molecule has 0 radical (unpaired) electrons. The smallest absolute Gasteiger partial charge is 0.182 e. The highest BCUT2D eigenvalue weighted by atomic mass is 17.2. The van der Waals surface area contributed by atoms with E-state index in [4.69, 9.17) is 9.78 Å². The van der Waals surface area contributed by atoms with Crippen molar-refractivity contribution in [2.45, 2.75) is 39.5 Å². The largest absolute Gasteiger partial charge is 0.290 e. The molecule has 0 amide bonds. The zero-order valence-corrected chi connectivity index (χ0v) is 12.3. The summed E-state index contributed by atoms with van der Waals surface area (Å²) in [5, 5.41) is 0. The molecule has 0 N–H and O–H groups in total. The van der Waals surface area contributed by atoms with Crippen LogP contribution in [0.5, 0.6) is 11.5 Å². The van der Waals surface area contributed by atoms with Crippen LogP contribution in [0.1, 0.15) is 37.8 Å². The number of benzene rings is 2. The van der Waals surface area contributed by atoms with Crippen molar-refractivity contribution in [2.75, 3.05) is 0 Å². The van der Waals surface area contributed by atoms with Gasteiger partial charge in [0.15, 0.2) is 11.5 Å². The SMILES string of the molecule is CCCc1cccc(OOc2ccccc2)c1CCC. The van der Waals surface area contributed by atoms with Gasteiger partial charge in [-0.15, -0.1) is 0 Å². The van der Waals surface area contributed by atoms with Crippen LogP contribution < -0.4 is 9.78 Å². The van der Waals surface area contributed by atoms with Crippen molar-refractivity contribution in [3.63, 3.8) is 0 Å². The molecule has 0 fully saturated rings. The van der Waals surface area contributed by atoms with E-state index in [1.54, 1.807) is 0 Å². The van der Waals surface area contributed by atoms with E-state index in [9.17, 15) is 0 Å². The van der Waals surface area contributed by atoms with Crippen LogP contribution in [0, 0.1) is 0 Å². The highest BCUT2D eigenvalue weighted by Gasteiger charge is 2.10. The highest BCUT2D eigenvalue weighted by molar-refractivity contribution is 5.40. The topological polar surface area (TPSA) is 18.5 Å². The lowest BCUT2D eigenvalue weighted by molar-refractivity contribution is -0.101. The van der Waals surface area contributed by atoms with E-state index in [2.05, 4.69) is 19.9 Å². The van der Waals surface area contributed by atoms with Crippen molar-refractivity contribution in [3.05, 3.63) is 59.7 Å². The summed E-state index contributed by atoms with van der Waals surface area (Å²) in [6.45, 7) is 4.38. The Bertz CT molecular complexity index is 520. The molecule has 0 aliphatic heterocycles. The van der Waals surface area contributed by atoms with Crippen molar-refractivity contribution in [1.82, 2.24) is 0 Å². The van der Waals surface area contributed by atoms with Gasteiger partial charge in [0.25, 0.3) is 0 Å². The maximum atomic E-state index is 5.56. The maximum Gasteiger partial charge on any atom is 0.182 e. The first-order chi connectivity index (χ1) is 9.85. The first-order valence-electron chi connectivity index (χ1n) is 7.35. The molecule has 0 unspecified atom stereocenters. The molecule has 0 aromatic heterocycles. The minimum Gasteiger partial charge on any atom is -0.290 e. The minimum atomic E-state index is 0.718. The molecule has 106 valence electrons. The fraction of sp³-hybridized carbons (Fsp3) is 0.333. The molecular formula is C18H22O2. The van der Waals surface area contributed by atoms with Gasteiger partial charge < -0.3 is 0 Å². The summed E-state index contributed by atoms with van der Waals surface area (Å²) in [6.07, 6.45) is 4.34. The van der Waals surface area contributed by atoms with E-state index >= 15 is 0 Å². The van der Waals surface area contributed by atoms with Crippen LogP contribution in [0.15, 0.2) is 48.5 Å². The Labute approximate surface area is 121 Å². The van der Waals surface area contributed by atoms with Crippen LogP contribution in [0.25, 0.3) is 0 Å². The van der Waals surface area contributed by atoms with E-state index in [-0.39, 0.29) is 0 Å². The molecule has 0 bridgehead atoms. The summed E-state index contributed by atoms with van der Waals surface area (Å²) in [5.74, 6) is 1.55. The van der Waals surface area contributed by atoms with Crippen molar-refractivity contribution >= 4 is 0 Å². The van der Waals surface area contributed by atoms with Gasteiger partial charge in [0.05, 0.1) is 0 Å². The van der Waals surface area contributed by atoms with E-state index in [0.717, 1.165) is 37.2 Å². The first kappa shape index (κ1) is 14.4. The van der Waals surface area contributed by atoms with Gasteiger partial charge in [-0.05, 0) is 36.6 Å². The lowest BCUT2D eigenvalue weighted by Gasteiger charge is -2.13. The fourth-order valence-corrected chi connectivity index (χ4v) is 2.30. The summed E-state index contributed by atoms with van der Waals surface area (Å²) >= 11 is 0. The predicted molar refractivity (Wildman–Crippen MR) is 82.1 cm³/mol. The third-order valence-corrected chi connectivity index (χ3v) is 3.22. The lowest BCUT2D eigenvalue weighted by atomic mass is 9.99. The second-order valence-electron chi connectivity index (χ2n) is 4.87. The molecule has 0 heterocycles. The van der Waals surface area contributed by atoms with Gasteiger partial charge in [0, 0.05) is 5.56 Å².